The van der Waals surface area contributed by atoms with E-state index in [1.54, 1.807) is 12.1 Å². The third kappa shape index (κ3) is 2.61. The van der Waals surface area contributed by atoms with Gasteiger partial charge in [-0.15, -0.1) is 0 Å². The minimum absolute atomic E-state index is 0.206. The summed E-state index contributed by atoms with van der Waals surface area (Å²) in [5.41, 5.74) is 2.01. The summed E-state index contributed by atoms with van der Waals surface area (Å²) in [6.45, 7) is 3.69. The number of hydrogen-bond donors (Lipinski definition) is 1. The smallest absolute Gasteiger partial charge is 0.292 e. The highest BCUT2D eigenvalue weighted by molar-refractivity contribution is 5.64. The van der Waals surface area contributed by atoms with Gasteiger partial charge in [-0.25, -0.2) is 0 Å². The van der Waals surface area contributed by atoms with Crippen LogP contribution in [0.15, 0.2) is 18.2 Å². The average Bonchev–Trinajstić information content (AvgIpc) is 2.38. The van der Waals surface area contributed by atoms with E-state index in [1.165, 1.54) is 0 Å². The molecule has 1 fully saturated rings. The molecule has 0 aliphatic carbocycles. The van der Waals surface area contributed by atoms with E-state index in [1.807, 2.05) is 20.0 Å². The molecule has 1 heterocycles. The summed E-state index contributed by atoms with van der Waals surface area (Å²) < 4.78 is 0. The van der Waals surface area contributed by atoms with E-state index in [0.717, 1.165) is 37.2 Å². The number of aryl methyl sites for hydroxylation is 1. The second-order valence-electron chi connectivity index (χ2n) is 4.82. The van der Waals surface area contributed by atoms with E-state index in [9.17, 15) is 10.1 Å². The van der Waals surface area contributed by atoms with Crippen molar-refractivity contribution in [2.24, 2.45) is 0 Å². The van der Waals surface area contributed by atoms with E-state index in [4.69, 9.17) is 0 Å². The van der Waals surface area contributed by atoms with Crippen molar-refractivity contribution in [2.45, 2.75) is 25.8 Å². The minimum atomic E-state index is -0.294. The summed E-state index contributed by atoms with van der Waals surface area (Å²) in [5, 5.41) is 14.3. The van der Waals surface area contributed by atoms with Gasteiger partial charge in [0.1, 0.15) is 5.69 Å². The van der Waals surface area contributed by atoms with Crippen molar-refractivity contribution in [2.75, 3.05) is 25.0 Å². The number of nitrogens with one attached hydrogen (secondary N) is 1. The van der Waals surface area contributed by atoms with Crippen LogP contribution < -0.4 is 10.2 Å². The molecular weight excluding hydrogens is 230 g/mol. The van der Waals surface area contributed by atoms with Crippen LogP contribution in [0.4, 0.5) is 11.4 Å². The Kier molecular flexibility index (Phi) is 3.81. The SMILES string of the molecule is CNC1CCCN(c2cc(C)ccc2[N+](=O)[O-])C1. The highest BCUT2D eigenvalue weighted by Crippen LogP contribution is 2.31. The van der Waals surface area contributed by atoms with E-state index < -0.39 is 0 Å². The molecule has 0 amide bonds. The summed E-state index contributed by atoms with van der Waals surface area (Å²) in [6, 6.07) is 5.73. The molecule has 1 aromatic carbocycles. The van der Waals surface area contributed by atoms with Crippen molar-refractivity contribution in [3.8, 4) is 0 Å². The Morgan fingerprint density at radius 3 is 2.94 bits per heavy atom. The molecule has 0 bridgehead atoms. The predicted octanol–water partition coefficient (Wildman–Crippen LogP) is 2.09. The van der Waals surface area contributed by atoms with Gasteiger partial charge in [-0.2, -0.15) is 0 Å². The van der Waals surface area contributed by atoms with Gasteiger partial charge in [0.15, 0.2) is 0 Å². The van der Waals surface area contributed by atoms with Crippen LogP contribution in [0.5, 0.6) is 0 Å². The van der Waals surface area contributed by atoms with Crippen LogP contribution in [0.1, 0.15) is 18.4 Å². The summed E-state index contributed by atoms with van der Waals surface area (Å²) in [5.74, 6) is 0. The van der Waals surface area contributed by atoms with Gasteiger partial charge in [-0.05, 0) is 38.4 Å². The molecule has 0 saturated carbocycles. The van der Waals surface area contributed by atoms with E-state index >= 15 is 0 Å². The zero-order valence-electron chi connectivity index (χ0n) is 10.8. The first-order chi connectivity index (χ1) is 8.61. The van der Waals surface area contributed by atoms with Crippen molar-refractivity contribution in [3.05, 3.63) is 33.9 Å². The number of benzene rings is 1. The summed E-state index contributed by atoms with van der Waals surface area (Å²) in [6.07, 6.45) is 2.20. The molecule has 0 spiro atoms. The van der Waals surface area contributed by atoms with Crippen molar-refractivity contribution in [3.63, 3.8) is 0 Å². The molecule has 2 rings (SSSR count). The van der Waals surface area contributed by atoms with Gasteiger partial charge in [0.2, 0.25) is 0 Å². The molecule has 1 saturated heterocycles. The Hall–Kier alpha value is -1.62. The number of piperidine rings is 1. The molecule has 98 valence electrons. The molecule has 0 aromatic heterocycles. The molecule has 5 heteroatoms. The van der Waals surface area contributed by atoms with E-state index in [2.05, 4.69) is 10.2 Å². The highest BCUT2D eigenvalue weighted by Gasteiger charge is 2.24. The molecule has 1 unspecified atom stereocenters. The maximum atomic E-state index is 11.1. The van der Waals surface area contributed by atoms with Gasteiger partial charge in [-0.1, -0.05) is 6.07 Å². The second kappa shape index (κ2) is 5.35. The van der Waals surface area contributed by atoms with E-state index in [0.29, 0.717) is 6.04 Å². The van der Waals surface area contributed by atoms with Crippen molar-refractivity contribution < 1.29 is 4.92 Å². The second-order valence-corrected chi connectivity index (χ2v) is 4.82. The Bertz CT molecular complexity index is 448. The van der Waals surface area contributed by atoms with Gasteiger partial charge >= 0.3 is 0 Å². The third-order valence-electron chi connectivity index (χ3n) is 3.50. The molecule has 1 aliphatic rings. The Balaban J connectivity index is 2.31. The number of rotatable bonds is 3. The van der Waals surface area contributed by atoms with Gasteiger partial charge in [0, 0.05) is 25.2 Å². The maximum Gasteiger partial charge on any atom is 0.292 e. The van der Waals surface area contributed by atoms with Gasteiger partial charge in [0.05, 0.1) is 4.92 Å². The fourth-order valence-corrected chi connectivity index (χ4v) is 2.47. The first-order valence-corrected chi connectivity index (χ1v) is 6.29. The monoisotopic (exact) mass is 249 g/mol. The van der Waals surface area contributed by atoms with Crippen LogP contribution in [-0.2, 0) is 0 Å². The Morgan fingerprint density at radius 2 is 2.28 bits per heavy atom. The minimum Gasteiger partial charge on any atom is -0.364 e. The van der Waals surface area contributed by atoms with Gasteiger partial charge < -0.3 is 10.2 Å². The summed E-state index contributed by atoms with van der Waals surface area (Å²) >= 11 is 0. The fraction of sp³-hybridized carbons (Fsp3) is 0.538. The molecule has 1 aromatic rings. The first kappa shape index (κ1) is 12.8. The number of nitrogens with zero attached hydrogens (tertiary/aromatic N) is 2. The molecule has 5 nitrogen and oxygen atoms in total. The highest BCUT2D eigenvalue weighted by atomic mass is 16.6. The topological polar surface area (TPSA) is 58.4 Å². The van der Waals surface area contributed by atoms with Crippen molar-refractivity contribution in [1.82, 2.24) is 5.32 Å². The fourth-order valence-electron chi connectivity index (χ4n) is 2.47. The molecule has 1 N–H and O–H groups in total. The summed E-state index contributed by atoms with van der Waals surface area (Å²) in [7, 11) is 1.94. The predicted molar refractivity (Wildman–Crippen MR) is 72.1 cm³/mol. The quantitative estimate of drug-likeness (QED) is 0.658. The van der Waals surface area contributed by atoms with Crippen LogP contribution in [0.3, 0.4) is 0 Å². The number of anilines is 1. The number of nitro groups is 1. The zero-order valence-corrected chi connectivity index (χ0v) is 10.8. The van der Waals surface area contributed by atoms with Crippen LogP contribution in [0.25, 0.3) is 0 Å². The van der Waals surface area contributed by atoms with Crippen LogP contribution in [-0.4, -0.2) is 31.1 Å². The largest absolute Gasteiger partial charge is 0.364 e. The van der Waals surface area contributed by atoms with Crippen molar-refractivity contribution in [1.29, 1.82) is 0 Å². The molecule has 1 aliphatic heterocycles. The third-order valence-corrected chi connectivity index (χ3v) is 3.50. The Labute approximate surface area is 107 Å². The number of likely N-dealkylation sites (N-methyl/N-ethyl adjacent to an activating group) is 1. The normalized spacial score (nSPS) is 19.9. The van der Waals surface area contributed by atoms with Crippen LogP contribution in [0, 0.1) is 17.0 Å². The lowest BCUT2D eigenvalue weighted by molar-refractivity contribution is -0.384. The molecular formula is C13H19N3O2. The van der Waals surface area contributed by atoms with Crippen LogP contribution >= 0.6 is 0 Å². The summed E-state index contributed by atoms with van der Waals surface area (Å²) in [4.78, 5) is 12.9. The van der Waals surface area contributed by atoms with Gasteiger partial charge in [-0.3, -0.25) is 10.1 Å². The lowest BCUT2D eigenvalue weighted by Crippen LogP contribution is -2.44. The van der Waals surface area contributed by atoms with Crippen LogP contribution in [0.2, 0.25) is 0 Å². The number of nitro benzene ring substituents is 1. The number of hydrogen-bond acceptors (Lipinski definition) is 4. The van der Waals surface area contributed by atoms with Crippen molar-refractivity contribution >= 4 is 11.4 Å². The zero-order chi connectivity index (χ0) is 13.1. The maximum absolute atomic E-state index is 11.1. The lowest BCUT2D eigenvalue weighted by Gasteiger charge is -2.34. The Morgan fingerprint density at radius 1 is 1.50 bits per heavy atom. The molecule has 18 heavy (non-hydrogen) atoms. The van der Waals surface area contributed by atoms with Gasteiger partial charge in [0.25, 0.3) is 5.69 Å². The standard InChI is InChI=1S/C13H19N3O2/c1-10-5-6-12(16(17)18)13(8-10)15-7-3-4-11(9-15)14-2/h5-6,8,11,14H,3-4,7,9H2,1-2H3. The lowest BCUT2D eigenvalue weighted by atomic mass is 10.0. The molecule has 0 radical (unpaired) electrons. The van der Waals surface area contributed by atoms with E-state index in [-0.39, 0.29) is 10.6 Å². The molecule has 1 atom stereocenters. The average molecular weight is 249 g/mol. The first-order valence-electron chi connectivity index (χ1n) is 6.29.